The van der Waals surface area contributed by atoms with Crippen LogP contribution in [0, 0.1) is 0 Å². The van der Waals surface area contributed by atoms with E-state index in [9.17, 15) is 9.59 Å². The molecule has 0 bridgehead atoms. The smallest absolute Gasteiger partial charge is 0.328 e. The predicted octanol–water partition coefficient (Wildman–Crippen LogP) is 0.874. The minimum Gasteiger partial charge on any atom is -0.489 e. The Hall–Kier alpha value is -2.08. The zero-order valence-electron chi connectivity index (χ0n) is 11.1. The summed E-state index contributed by atoms with van der Waals surface area (Å²) in [6, 6.07) is 7.03. The number of nitrogens with zero attached hydrogens (tertiary/aromatic N) is 1. The normalized spacial score (nSPS) is 22.8. The van der Waals surface area contributed by atoms with E-state index in [0.717, 1.165) is 30.9 Å². The molecule has 6 heteroatoms. The van der Waals surface area contributed by atoms with Gasteiger partial charge in [-0.2, -0.15) is 0 Å². The third-order valence-electron chi connectivity index (χ3n) is 3.52. The van der Waals surface area contributed by atoms with Crippen molar-refractivity contribution in [3.8, 4) is 5.75 Å². The highest BCUT2D eigenvalue weighted by atomic mass is 16.5. The summed E-state index contributed by atoms with van der Waals surface area (Å²) in [6.07, 6.45) is 1.56. The summed E-state index contributed by atoms with van der Waals surface area (Å²) in [5, 5.41) is 5.56. The molecule has 3 rings (SSSR count). The number of hydrogen-bond acceptors (Lipinski definition) is 4. The summed E-state index contributed by atoms with van der Waals surface area (Å²) < 4.78 is 5.83. The van der Waals surface area contributed by atoms with Crippen LogP contribution < -0.4 is 20.3 Å². The number of carbonyl (C=O) groups excluding carboxylic acids is 2. The number of imide groups is 1. The van der Waals surface area contributed by atoms with Crippen LogP contribution in [0.5, 0.6) is 5.75 Å². The zero-order valence-corrected chi connectivity index (χ0v) is 11.1. The van der Waals surface area contributed by atoms with E-state index in [4.69, 9.17) is 4.74 Å². The molecule has 2 aliphatic heterocycles. The van der Waals surface area contributed by atoms with Gasteiger partial charge in [-0.1, -0.05) is 0 Å². The summed E-state index contributed by atoms with van der Waals surface area (Å²) in [5.41, 5.74) is 0.770. The third-order valence-corrected chi connectivity index (χ3v) is 3.52. The van der Waals surface area contributed by atoms with Crippen molar-refractivity contribution in [1.29, 1.82) is 0 Å². The summed E-state index contributed by atoms with van der Waals surface area (Å²) >= 11 is 0. The van der Waals surface area contributed by atoms with E-state index in [1.807, 2.05) is 24.3 Å². The van der Waals surface area contributed by atoms with Crippen molar-refractivity contribution < 1.29 is 14.3 Å². The highest BCUT2D eigenvalue weighted by Crippen LogP contribution is 2.22. The van der Waals surface area contributed by atoms with Crippen molar-refractivity contribution in [3.63, 3.8) is 0 Å². The first kappa shape index (κ1) is 12.9. The summed E-state index contributed by atoms with van der Waals surface area (Å²) in [4.78, 5) is 24.4. The van der Waals surface area contributed by atoms with Crippen molar-refractivity contribution in [1.82, 2.24) is 10.6 Å². The predicted molar refractivity (Wildman–Crippen MR) is 73.8 cm³/mol. The van der Waals surface area contributed by atoms with Gasteiger partial charge in [0.15, 0.2) is 0 Å². The number of rotatable bonds is 3. The maximum Gasteiger partial charge on any atom is 0.328 e. The monoisotopic (exact) mass is 275 g/mol. The van der Waals surface area contributed by atoms with E-state index < -0.39 is 0 Å². The fourth-order valence-corrected chi connectivity index (χ4v) is 2.44. The van der Waals surface area contributed by atoms with Gasteiger partial charge < -0.3 is 10.1 Å². The van der Waals surface area contributed by atoms with E-state index in [1.54, 1.807) is 4.90 Å². The molecule has 2 saturated heterocycles. The summed E-state index contributed by atoms with van der Waals surface area (Å²) in [7, 11) is 0. The molecular formula is C14H17N3O3. The first-order valence-corrected chi connectivity index (χ1v) is 6.81. The molecule has 1 aromatic carbocycles. The van der Waals surface area contributed by atoms with Crippen LogP contribution in [-0.2, 0) is 4.79 Å². The number of urea groups is 1. The molecule has 106 valence electrons. The Morgan fingerprint density at radius 3 is 2.65 bits per heavy atom. The Bertz CT molecular complexity index is 509. The Morgan fingerprint density at radius 1 is 1.20 bits per heavy atom. The average Bonchev–Trinajstić information content (AvgIpc) is 2.93. The van der Waals surface area contributed by atoms with Crippen molar-refractivity contribution in [2.24, 2.45) is 0 Å². The Kier molecular flexibility index (Phi) is 3.56. The lowest BCUT2D eigenvalue weighted by atomic mass is 10.2. The van der Waals surface area contributed by atoms with Gasteiger partial charge >= 0.3 is 6.03 Å². The molecule has 20 heavy (non-hydrogen) atoms. The molecule has 0 unspecified atom stereocenters. The van der Waals surface area contributed by atoms with E-state index in [2.05, 4.69) is 10.6 Å². The Balaban J connectivity index is 1.66. The van der Waals surface area contributed by atoms with Crippen LogP contribution in [0.3, 0.4) is 0 Å². The van der Waals surface area contributed by atoms with E-state index in [-0.39, 0.29) is 18.0 Å². The van der Waals surface area contributed by atoms with Gasteiger partial charge in [0.25, 0.3) is 0 Å². The van der Waals surface area contributed by atoms with Crippen LogP contribution in [0.25, 0.3) is 0 Å². The molecule has 1 aromatic rings. The number of nitrogens with one attached hydrogen (secondary N) is 2. The first-order valence-electron chi connectivity index (χ1n) is 6.81. The zero-order chi connectivity index (χ0) is 13.9. The van der Waals surface area contributed by atoms with Crippen LogP contribution in [0.15, 0.2) is 24.3 Å². The fraction of sp³-hybridized carbons (Fsp3) is 0.429. The highest BCUT2D eigenvalue weighted by Gasteiger charge is 2.24. The molecule has 1 atom stereocenters. The molecule has 2 fully saturated rings. The van der Waals surface area contributed by atoms with E-state index >= 15 is 0 Å². The number of amides is 3. The largest absolute Gasteiger partial charge is 0.489 e. The standard InChI is InChI=1S/C14H17N3O3/c18-13-6-8-17(14(19)16-13)10-1-3-11(4-2-10)20-12-5-7-15-9-12/h1-4,12,15H,5-9H2,(H,16,18,19)/t12-/m0/s1. The van der Waals surface area contributed by atoms with Gasteiger partial charge in [0.1, 0.15) is 11.9 Å². The lowest BCUT2D eigenvalue weighted by Gasteiger charge is -2.26. The maximum absolute atomic E-state index is 11.7. The molecule has 3 amide bonds. The number of benzene rings is 1. The van der Waals surface area contributed by atoms with E-state index in [1.165, 1.54) is 0 Å². The molecule has 2 heterocycles. The van der Waals surface area contributed by atoms with Gasteiger partial charge in [-0.25, -0.2) is 4.79 Å². The highest BCUT2D eigenvalue weighted by molar-refractivity contribution is 6.05. The molecular weight excluding hydrogens is 258 g/mol. The minimum atomic E-state index is -0.366. The number of anilines is 1. The van der Waals surface area contributed by atoms with Crippen molar-refractivity contribution in [2.75, 3.05) is 24.5 Å². The Labute approximate surface area is 117 Å². The lowest BCUT2D eigenvalue weighted by Crippen LogP contribution is -2.49. The molecule has 6 nitrogen and oxygen atoms in total. The summed E-state index contributed by atoms with van der Waals surface area (Å²) in [6.45, 7) is 2.28. The van der Waals surface area contributed by atoms with Gasteiger partial charge in [-0.3, -0.25) is 15.0 Å². The minimum absolute atomic E-state index is 0.219. The van der Waals surface area contributed by atoms with Crippen LogP contribution in [0.2, 0.25) is 0 Å². The van der Waals surface area contributed by atoms with Gasteiger partial charge in [-0.05, 0) is 37.2 Å². The van der Waals surface area contributed by atoms with Gasteiger partial charge in [0.05, 0.1) is 0 Å². The second-order valence-corrected chi connectivity index (χ2v) is 4.98. The number of carbonyl (C=O) groups is 2. The molecule has 2 aliphatic rings. The van der Waals surface area contributed by atoms with Crippen molar-refractivity contribution in [2.45, 2.75) is 18.9 Å². The Morgan fingerprint density at radius 2 is 2.00 bits per heavy atom. The molecule has 0 radical (unpaired) electrons. The van der Waals surface area contributed by atoms with Crippen molar-refractivity contribution in [3.05, 3.63) is 24.3 Å². The van der Waals surface area contributed by atoms with Crippen LogP contribution >= 0.6 is 0 Å². The van der Waals surface area contributed by atoms with Crippen LogP contribution in [-0.4, -0.2) is 37.7 Å². The average molecular weight is 275 g/mol. The molecule has 0 aliphatic carbocycles. The fourth-order valence-electron chi connectivity index (χ4n) is 2.44. The number of ether oxygens (including phenoxy) is 1. The molecule has 0 saturated carbocycles. The van der Waals surface area contributed by atoms with Crippen molar-refractivity contribution >= 4 is 17.6 Å². The first-order chi connectivity index (χ1) is 9.72. The molecule has 0 aromatic heterocycles. The number of hydrogen-bond donors (Lipinski definition) is 2. The van der Waals surface area contributed by atoms with Gasteiger partial charge in [-0.15, -0.1) is 0 Å². The van der Waals surface area contributed by atoms with Crippen LogP contribution in [0.4, 0.5) is 10.5 Å². The van der Waals surface area contributed by atoms with Gasteiger partial charge in [0.2, 0.25) is 5.91 Å². The third kappa shape index (κ3) is 2.75. The molecule has 2 N–H and O–H groups in total. The SMILES string of the molecule is O=C1CCN(c2ccc(O[C@H]3CCNC3)cc2)C(=O)N1. The summed E-state index contributed by atoms with van der Waals surface area (Å²) in [5.74, 6) is 0.580. The van der Waals surface area contributed by atoms with Gasteiger partial charge in [0, 0.05) is 25.2 Å². The molecule has 0 spiro atoms. The van der Waals surface area contributed by atoms with Crippen LogP contribution in [0.1, 0.15) is 12.8 Å². The topological polar surface area (TPSA) is 70.7 Å². The second kappa shape index (κ2) is 5.50. The maximum atomic E-state index is 11.7. The second-order valence-electron chi connectivity index (χ2n) is 4.98. The lowest BCUT2D eigenvalue weighted by molar-refractivity contribution is -0.120. The quantitative estimate of drug-likeness (QED) is 0.859. The van der Waals surface area contributed by atoms with E-state index in [0.29, 0.717) is 13.0 Å².